The zero-order valence-corrected chi connectivity index (χ0v) is 8.84. The predicted molar refractivity (Wildman–Crippen MR) is 61.0 cm³/mol. The average Bonchev–Trinajstić information content (AvgIpc) is 2.59. The molecular weight excluding hydrogens is 194 g/mol. The molecule has 0 saturated heterocycles. The molecule has 2 aromatic rings. The Labute approximate surface area is 87.0 Å². The van der Waals surface area contributed by atoms with E-state index in [4.69, 9.17) is 5.73 Å². The van der Waals surface area contributed by atoms with Crippen molar-refractivity contribution in [3.63, 3.8) is 0 Å². The molecule has 0 aliphatic carbocycles. The van der Waals surface area contributed by atoms with E-state index in [0.717, 1.165) is 5.39 Å². The van der Waals surface area contributed by atoms with Crippen molar-refractivity contribution in [2.45, 2.75) is 12.8 Å². The Morgan fingerprint density at radius 2 is 2.29 bits per heavy atom. The third kappa shape index (κ3) is 1.49. The van der Waals surface area contributed by atoms with Crippen LogP contribution in [0.2, 0.25) is 0 Å². The second-order valence-electron chi connectivity index (χ2n) is 3.51. The maximum absolute atomic E-state index is 9.40. The van der Waals surface area contributed by atoms with Gasteiger partial charge < -0.3 is 10.8 Å². The minimum atomic E-state index is 0.321. The highest BCUT2D eigenvalue weighted by atomic mass is 32.1. The summed E-state index contributed by atoms with van der Waals surface area (Å²) in [6.07, 6.45) is 0. The molecule has 3 heteroatoms. The van der Waals surface area contributed by atoms with Crippen molar-refractivity contribution in [1.82, 2.24) is 0 Å². The molecule has 1 aromatic heterocycles. The van der Waals surface area contributed by atoms with Gasteiger partial charge >= 0.3 is 0 Å². The fourth-order valence-corrected chi connectivity index (χ4v) is 2.61. The maximum atomic E-state index is 9.40. The van der Waals surface area contributed by atoms with E-state index in [0.29, 0.717) is 18.2 Å². The summed E-state index contributed by atoms with van der Waals surface area (Å²) in [7, 11) is 0. The van der Waals surface area contributed by atoms with Crippen LogP contribution in [-0.2, 0) is 0 Å². The first-order valence-electron chi connectivity index (χ1n) is 4.62. The summed E-state index contributed by atoms with van der Waals surface area (Å²) in [5, 5.41) is 12.7. The molecule has 0 amide bonds. The van der Waals surface area contributed by atoms with Gasteiger partial charge in [-0.2, -0.15) is 0 Å². The minimum Gasteiger partial charge on any atom is -0.508 e. The monoisotopic (exact) mass is 207 g/mol. The molecule has 1 heterocycles. The van der Waals surface area contributed by atoms with Gasteiger partial charge in [0, 0.05) is 4.70 Å². The molecule has 0 fully saturated rings. The minimum absolute atomic E-state index is 0.321. The van der Waals surface area contributed by atoms with Crippen molar-refractivity contribution < 1.29 is 5.11 Å². The van der Waals surface area contributed by atoms with Crippen LogP contribution in [0.4, 0.5) is 0 Å². The topological polar surface area (TPSA) is 46.2 Å². The lowest BCUT2D eigenvalue weighted by atomic mass is 10.0. The zero-order valence-electron chi connectivity index (χ0n) is 8.03. The molecule has 1 unspecified atom stereocenters. The van der Waals surface area contributed by atoms with E-state index in [1.165, 1.54) is 10.3 Å². The van der Waals surface area contributed by atoms with Crippen molar-refractivity contribution in [1.29, 1.82) is 0 Å². The van der Waals surface area contributed by atoms with Crippen LogP contribution < -0.4 is 5.73 Å². The summed E-state index contributed by atoms with van der Waals surface area (Å²) in [6, 6.07) is 5.48. The van der Waals surface area contributed by atoms with E-state index >= 15 is 0 Å². The molecule has 1 atom stereocenters. The number of thiophene rings is 1. The third-order valence-electron chi connectivity index (χ3n) is 2.47. The van der Waals surface area contributed by atoms with E-state index in [1.807, 2.05) is 12.1 Å². The van der Waals surface area contributed by atoms with Crippen molar-refractivity contribution >= 4 is 21.4 Å². The molecule has 2 nitrogen and oxygen atoms in total. The van der Waals surface area contributed by atoms with E-state index in [2.05, 4.69) is 12.3 Å². The van der Waals surface area contributed by atoms with Crippen LogP contribution in [0, 0.1) is 0 Å². The summed E-state index contributed by atoms with van der Waals surface area (Å²) < 4.78 is 1.21. The summed E-state index contributed by atoms with van der Waals surface area (Å²) in [5.41, 5.74) is 6.87. The van der Waals surface area contributed by atoms with Crippen LogP contribution in [0.3, 0.4) is 0 Å². The molecule has 0 aliphatic heterocycles. The first-order valence-corrected chi connectivity index (χ1v) is 5.50. The summed E-state index contributed by atoms with van der Waals surface area (Å²) in [6.45, 7) is 2.74. The highest BCUT2D eigenvalue weighted by molar-refractivity contribution is 7.17. The lowest BCUT2D eigenvalue weighted by Gasteiger charge is -2.06. The number of fused-ring (bicyclic) bond motifs is 1. The Morgan fingerprint density at radius 3 is 3.00 bits per heavy atom. The molecule has 0 bridgehead atoms. The van der Waals surface area contributed by atoms with Gasteiger partial charge in [0.1, 0.15) is 5.75 Å². The Morgan fingerprint density at radius 1 is 1.50 bits per heavy atom. The Bertz CT molecular complexity index is 449. The summed E-state index contributed by atoms with van der Waals surface area (Å²) in [4.78, 5) is 0. The lowest BCUT2D eigenvalue weighted by Crippen LogP contribution is -2.08. The van der Waals surface area contributed by atoms with Gasteiger partial charge in [0.2, 0.25) is 0 Å². The van der Waals surface area contributed by atoms with Crippen LogP contribution in [0.1, 0.15) is 18.4 Å². The Hall–Kier alpha value is -1.06. The van der Waals surface area contributed by atoms with Crippen molar-refractivity contribution in [2.24, 2.45) is 5.73 Å². The van der Waals surface area contributed by atoms with Crippen LogP contribution in [-0.4, -0.2) is 11.7 Å². The number of hydrogen-bond donors (Lipinski definition) is 2. The number of aromatic hydroxyl groups is 1. The van der Waals surface area contributed by atoms with Gasteiger partial charge in [-0.3, -0.25) is 0 Å². The molecule has 2 rings (SSSR count). The zero-order chi connectivity index (χ0) is 10.1. The van der Waals surface area contributed by atoms with Gasteiger partial charge in [-0.1, -0.05) is 6.92 Å². The molecule has 3 N–H and O–H groups in total. The van der Waals surface area contributed by atoms with Crippen molar-refractivity contribution in [2.75, 3.05) is 6.54 Å². The fraction of sp³-hybridized carbons (Fsp3) is 0.273. The second-order valence-corrected chi connectivity index (χ2v) is 4.42. The first-order chi connectivity index (χ1) is 6.72. The quantitative estimate of drug-likeness (QED) is 0.795. The highest BCUT2D eigenvalue weighted by Gasteiger charge is 2.10. The van der Waals surface area contributed by atoms with Crippen LogP contribution in [0.5, 0.6) is 5.75 Å². The van der Waals surface area contributed by atoms with E-state index in [-0.39, 0.29) is 0 Å². The molecule has 1 aromatic carbocycles. The number of phenolic OH excluding ortho intramolecular Hbond substituents is 1. The smallest absolute Gasteiger partial charge is 0.116 e. The van der Waals surface area contributed by atoms with Gasteiger partial charge in [-0.05, 0) is 47.0 Å². The first kappa shape index (κ1) is 9.49. The third-order valence-corrected chi connectivity index (χ3v) is 3.45. The SMILES string of the molecule is CC(CN)c1csc2ccc(O)cc12. The number of phenols is 1. The van der Waals surface area contributed by atoms with Crippen LogP contribution in [0.15, 0.2) is 23.6 Å². The molecule has 0 spiro atoms. The van der Waals surface area contributed by atoms with E-state index in [9.17, 15) is 5.11 Å². The van der Waals surface area contributed by atoms with Gasteiger partial charge in [-0.25, -0.2) is 0 Å². The molecule has 0 saturated carbocycles. The summed E-state index contributed by atoms with van der Waals surface area (Å²) >= 11 is 1.70. The standard InChI is InChI=1S/C11H13NOS/c1-7(5-12)10-6-14-11-3-2-8(13)4-9(10)11/h2-4,6-7,13H,5,12H2,1H3. The van der Waals surface area contributed by atoms with Crippen LogP contribution >= 0.6 is 11.3 Å². The van der Waals surface area contributed by atoms with Crippen molar-refractivity contribution in [3.8, 4) is 5.75 Å². The fourth-order valence-electron chi connectivity index (χ4n) is 1.55. The molecule has 0 aliphatic rings. The van der Waals surface area contributed by atoms with E-state index in [1.54, 1.807) is 17.4 Å². The number of benzene rings is 1. The van der Waals surface area contributed by atoms with Gasteiger partial charge in [-0.15, -0.1) is 11.3 Å². The molecule has 74 valence electrons. The van der Waals surface area contributed by atoms with Gasteiger partial charge in [0.15, 0.2) is 0 Å². The van der Waals surface area contributed by atoms with Gasteiger partial charge in [0.05, 0.1) is 0 Å². The predicted octanol–water partition coefficient (Wildman–Crippen LogP) is 2.67. The Kier molecular flexibility index (Phi) is 2.44. The molecule has 0 radical (unpaired) electrons. The summed E-state index contributed by atoms with van der Waals surface area (Å²) in [5.74, 6) is 0.673. The second kappa shape index (κ2) is 3.59. The van der Waals surface area contributed by atoms with E-state index < -0.39 is 0 Å². The Balaban J connectivity index is 2.61. The largest absolute Gasteiger partial charge is 0.508 e. The number of hydrogen-bond acceptors (Lipinski definition) is 3. The number of nitrogens with two attached hydrogens (primary N) is 1. The van der Waals surface area contributed by atoms with Gasteiger partial charge in [0.25, 0.3) is 0 Å². The number of rotatable bonds is 2. The molecular formula is C11H13NOS. The highest BCUT2D eigenvalue weighted by Crippen LogP contribution is 2.32. The van der Waals surface area contributed by atoms with Crippen LogP contribution in [0.25, 0.3) is 10.1 Å². The van der Waals surface area contributed by atoms with Crippen molar-refractivity contribution in [3.05, 3.63) is 29.1 Å². The molecule has 14 heavy (non-hydrogen) atoms. The maximum Gasteiger partial charge on any atom is 0.116 e. The lowest BCUT2D eigenvalue weighted by molar-refractivity contribution is 0.476. The average molecular weight is 207 g/mol. The normalized spacial score (nSPS) is 13.3.